The van der Waals surface area contributed by atoms with Gasteiger partial charge in [0.05, 0.1) is 16.3 Å². The fraction of sp³-hybridized carbons (Fsp3) is 0.500. The van der Waals surface area contributed by atoms with Gasteiger partial charge in [-0.2, -0.15) is 0 Å². The molecule has 1 aromatic carbocycles. The first-order valence-electron chi connectivity index (χ1n) is 6.50. The van der Waals surface area contributed by atoms with E-state index in [0.717, 1.165) is 19.4 Å². The molecule has 0 radical (unpaired) electrons. The molecular formula is C14H19ClN2O2. The Morgan fingerprint density at radius 3 is 2.79 bits per heavy atom. The number of nitrogen functional groups attached to an aromatic ring is 1. The van der Waals surface area contributed by atoms with Crippen molar-refractivity contribution in [1.82, 2.24) is 0 Å². The minimum atomic E-state index is -0.987. The normalized spacial score (nSPS) is 19.2. The molecule has 0 amide bonds. The van der Waals surface area contributed by atoms with Gasteiger partial charge in [-0.15, -0.1) is 0 Å². The molecule has 1 fully saturated rings. The van der Waals surface area contributed by atoms with E-state index < -0.39 is 5.97 Å². The molecule has 1 atom stereocenters. The van der Waals surface area contributed by atoms with E-state index in [1.807, 2.05) is 0 Å². The Balaban J connectivity index is 2.52. The van der Waals surface area contributed by atoms with E-state index in [2.05, 4.69) is 18.7 Å². The number of carbonyl (C=O) groups is 1. The monoisotopic (exact) mass is 282 g/mol. The quantitative estimate of drug-likeness (QED) is 0.835. The number of halogens is 1. The first-order chi connectivity index (χ1) is 8.91. The number of benzene rings is 1. The molecule has 1 unspecified atom stereocenters. The van der Waals surface area contributed by atoms with E-state index in [4.69, 9.17) is 17.3 Å². The van der Waals surface area contributed by atoms with Crippen LogP contribution in [0.25, 0.3) is 0 Å². The molecule has 104 valence electrons. The number of hydrogen-bond acceptors (Lipinski definition) is 3. The molecule has 4 nitrogen and oxygen atoms in total. The predicted octanol–water partition coefficient (Wildman–Crippen LogP) is 3.25. The predicted molar refractivity (Wildman–Crippen MR) is 78.0 cm³/mol. The van der Waals surface area contributed by atoms with Gasteiger partial charge in [0.15, 0.2) is 0 Å². The van der Waals surface area contributed by atoms with Crippen molar-refractivity contribution >= 4 is 28.9 Å². The Hall–Kier alpha value is -1.42. The third-order valence-corrected chi connectivity index (χ3v) is 3.96. The van der Waals surface area contributed by atoms with E-state index in [1.54, 1.807) is 6.07 Å². The summed E-state index contributed by atoms with van der Waals surface area (Å²) in [5, 5.41) is 9.78. The van der Waals surface area contributed by atoms with Gasteiger partial charge in [0.1, 0.15) is 0 Å². The van der Waals surface area contributed by atoms with E-state index in [0.29, 0.717) is 28.4 Å². The molecule has 1 aliphatic heterocycles. The Bertz CT molecular complexity index is 502. The Morgan fingerprint density at radius 1 is 1.53 bits per heavy atom. The van der Waals surface area contributed by atoms with Crippen molar-refractivity contribution in [3.05, 3.63) is 22.7 Å². The van der Waals surface area contributed by atoms with Gasteiger partial charge < -0.3 is 15.7 Å². The minimum Gasteiger partial charge on any atom is -0.478 e. The highest BCUT2D eigenvalue weighted by Crippen LogP contribution is 2.38. The van der Waals surface area contributed by atoms with E-state index in [9.17, 15) is 9.90 Å². The van der Waals surface area contributed by atoms with Crippen molar-refractivity contribution in [2.75, 3.05) is 17.2 Å². The maximum atomic E-state index is 11.4. The van der Waals surface area contributed by atoms with Crippen LogP contribution in [0.2, 0.25) is 5.02 Å². The maximum absolute atomic E-state index is 11.4. The summed E-state index contributed by atoms with van der Waals surface area (Å²) in [7, 11) is 0. The molecule has 0 aliphatic carbocycles. The second kappa shape index (κ2) is 5.29. The van der Waals surface area contributed by atoms with E-state index in [1.165, 1.54) is 6.07 Å². The van der Waals surface area contributed by atoms with Crippen LogP contribution in [-0.4, -0.2) is 23.7 Å². The van der Waals surface area contributed by atoms with Gasteiger partial charge in [0.2, 0.25) is 0 Å². The number of carboxylic acids is 1. The standard InChI is InChI=1S/C14H19ClN2O2/c1-8(2)12-4-3-5-17(12)13-10(14(18)19)6-9(16)7-11(13)15/h6-8,12H,3-5,16H2,1-2H3,(H,18,19). The van der Waals surface area contributed by atoms with Crippen molar-refractivity contribution in [2.24, 2.45) is 5.92 Å². The third kappa shape index (κ3) is 2.63. The number of anilines is 2. The molecule has 5 heteroatoms. The smallest absolute Gasteiger partial charge is 0.337 e. The summed E-state index contributed by atoms with van der Waals surface area (Å²) in [6.07, 6.45) is 2.13. The second-order valence-electron chi connectivity index (χ2n) is 5.35. The highest BCUT2D eigenvalue weighted by Gasteiger charge is 2.31. The fourth-order valence-corrected chi connectivity index (χ4v) is 3.17. The molecule has 3 N–H and O–H groups in total. The first-order valence-corrected chi connectivity index (χ1v) is 6.88. The molecule has 1 heterocycles. The van der Waals surface area contributed by atoms with Crippen molar-refractivity contribution in [3.8, 4) is 0 Å². The summed E-state index contributed by atoms with van der Waals surface area (Å²) in [4.78, 5) is 13.5. The van der Waals surface area contributed by atoms with Crippen LogP contribution >= 0.6 is 11.6 Å². The van der Waals surface area contributed by atoms with Gasteiger partial charge in [-0.1, -0.05) is 25.4 Å². The van der Waals surface area contributed by atoms with Gasteiger partial charge >= 0.3 is 5.97 Å². The van der Waals surface area contributed by atoms with Crippen LogP contribution < -0.4 is 10.6 Å². The van der Waals surface area contributed by atoms with Crippen LogP contribution in [0.1, 0.15) is 37.0 Å². The molecule has 2 rings (SSSR count). The molecule has 0 saturated carbocycles. The van der Waals surface area contributed by atoms with Crippen molar-refractivity contribution in [2.45, 2.75) is 32.7 Å². The van der Waals surface area contributed by atoms with Crippen LogP contribution in [-0.2, 0) is 0 Å². The maximum Gasteiger partial charge on any atom is 0.337 e. The van der Waals surface area contributed by atoms with Crippen molar-refractivity contribution < 1.29 is 9.90 Å². The largest absolute Gasteiger partial charge is 0.478 e. The number of rotatable bonds is 3. The molecule has 0 aromatic heterocycles. The number of carboxylic acid groups (broad SMARTS) is 1. The lowest BCUT2D eigenvalue weighted by molar-refractivity contribution is 0.0697. The zero-order chi connectivity index (χ0) is 14.2. The van der Waals surface area contributed by atoms with Crippen LogP contribution in [0.5, 0.6) is 0 Å². The molecule has 19 heavy (non-hydrogen) atoms. The average molecular weight is 283 g/mol. The Kier molecular flexibility index (Phi) is 3.90. The number of nitrogens with zero attached hydrogens (tertiary/aromatic N) is 1. The lowest BCUT2D eigenvalue weighted by Crippen LogP contribution is -2.34. The topological polar surface area (TPSA) is 66.6 Å². The van der Waals surface area contributed by atoms with Gasteiger partial charge in [0.25, 0.3) is 0 Å². The summed E-state index contributed by atoms with van der Waals surface area (Å²) in [5.41, 5.74) is 6.88. The fourth-order valence-electron chi connectivity index (χ4n) is 2.84. The van der Waals surface area contributed by atoms with Gasteiger partial charge in [-0.05, 0) is 30.9 Å². The average Bonchev–Trinajstić information content (AvgIpc) is 2.76. The second-order valence-corrected chi connectivity index (χ2v) is 5.76. The van der Waals surface area contributed by atoms with Crippen molar-refractivity contribution in [1.29, 1.82) is 0 Å². The molecular weight excluding hydrogens is 264 g/mol. The highest BCUT2D eigenvalue weighted by molar-refractivity contribution is 6.34. The minimum absolute atomic E-state index is 0.192. The zero-order valence-electron chi connectivity index (χ0n) is 11.2. The number of hydrogen-bond donors (Lipinski definition) is 2. The van der Waals surface area contributed by atoms with Gasteiger partial charge in [0, 0.05) is 18.3 Å². The highest BCUT2D eigenvalue weighted by atomic mass is 35.5. The molecule has 0 bridgehead atoms. The van der Waals surface area contributed by atoms with Gasteiger partial charge in [-0.25, -0.2) is 4.79 Å². The third-order valence-electron chi connectivity index (χ3n) is 3.67. The van der Waals surface area contributed by atoms with Crippen LogP contribution in [0.15, 0.2) is 12.1 Å². The molecule has 1 aromatic rings. The Morgan fingerprint density at radius 2 is 2.21 bits per heavy atom. The SMILES string of the molecule is CC(C)C1CCCN1c1c(Cl)cc(N)cc1C(=O)O. The summed E-state index contributed by atoms with van der Waals surface area (Å²) in [6.45, 7) is 5.13. The lowest BCUT2D eigenvalue weighted by Gasteiger charge is -2.31. The summed E-state index contributed by atoms with van der Waals surface area (Å²) in [5.74, 6) is -0.531. The van der Waals surface area contributed by atoms with Crippen molar-refractivity contribution in [3.63, 3.8) is 0 Å². The molecule has 1 saturated heterocycles. The number of nitrogens with two attached hydrogens (primary N) is 1. The lowest BCUT2D eigenvalue weighted by atomic mass is 10.0. The van der Waals surface area contributed by atoms with E-state index in [-0.39, 0.29) is 5.56 Å². The summed E-state index contributed by atoms with van der Waals surface area (Å²) in [6, 6.07) is 3.44. The first kappa shape index (κ1) is 14.0. The van der Waals surface area contributed by atoms with E-state index >= 15 is 0 Å². The van der Waals surface area contributed by atoms with Crippen LogP contribution in [0, 0.1) is 5.92 Å². The molecule has 0 spiro atoms. The summed E-state index contributed by atoms with van der Waals surface area (Å²) < 4.78 is 0. The Labute approximate surface area is 118 Å². The number of aromatic carboxylic acids is 1. The molecule has 1 aliphatic rings. The summed E-state index contributed by atoms with van der Waals surface area (Å²) >= 11 is 6.24. The zero-order valence-corrected chi connectivity index (χ0v) is 11.9. The van der Waals surface area contributed by atoms with Gasteiger partial charge in [-0.3, -0.25) is 0 Å². The van der Waals surface area contributed by atoms with Crippen LogP contribution in [0.3, 0.4) is 0 Å². The van der Waals surface area contributed by atoms with Crippen LogP contribution in [0.4, 0.5) is 11.4 Å².